The smallest absolute Gasteiger partial charge is 0.317 e. The highest BCUT2D eigenvalue weighted by molar-refractivity contribution is 5.86. The number of amides is 2. The van der Waals surface area contributed by atoms with Gasteiger partial charge in [0, 0.05) is 26.2 Å². The van der Waals surface area contributed by atoms with Crippen LogP contribution in [0.15, 0.2) is 73.1 Å². The summed E-state index contributed by atoms with van der Waals surface area (Å²) in [5.41, 5.74) is 3.39. The number of rotatable bonds is 4. The maximum absolute atomic E-state index is 12.7. The number of nitrogens with one attached hydrogen (secondary N) is 1. The third-order valence-electron chi connectivity index (χ3n) is 6.19. The molecule has 0 spiro atoms. The fourth-order valence-electron chi connectivity index (χ4n) is 4.48. The van der Waals surface area contributed by atoms with Gasteiger partial charge in [-0.25, -0.2) is 9.78 Å². The van der Waals surface area contributed by atoms with Crippen LogP contribution in [0.2, 0.25) is 0 Å². The molecule has 4 aromatic rings. The summed E-state index contributed by atoms with van der Waals surface area (Å²) in [6.45, 7) is 3.13. The van der Waals surface area contributed by atoms with Crippen LogP contribution in [0.1, 0.15) is 18.4 Å². The first-order valence-electron chi connectivity index (χ1n) is 10.7. The molecule has 1 fully saturated rings. The fourth-order valence-corrected chi connectivity index (χ4v) is 4.48. The van der Waals surface area contributed by atoms with Gasteiger partial charge in [-0.2, -0.15) is 0 Å². The predicted octanol–water partition coefficient (Wildman–Crippen LogP) is 4.81. The van der Waals surface area contributed by atoms with Crippen molar-refractivity contribution >= 4 is 27.8 Å². The van der Waals surface area contributed by atoms with E-state index in [-0.39, 0.29) is 6.03 Å². The highest BCUT2D eigenvalue weighted by Gasteiger charge is 2.23. The first kappa shape index (κ1) is 18.7. The minimum atomic E-state index is 0.0365. The number of carbonyl (C=O) groups is 1. The normalized spacial score (nSPS) is 15.0. The summed E-state index contributed by atoms with van der Waals surface area (Å²) in [6.07, 6.45) is 3.98. The van der Waals surface area contributed by atoms with Gasteiger partial charge in [0.15, 0.2) is 0 Å². The molecule has 152 valence electrons. The van der Waals surface area contributed by atoms with Gasteiger partial charge in [-0.1, -0.05) is 54.6 Å². The van der Waals surface area contributed by atoms with Gasteiger partial charge in [0.2, 0.25) is 0 Å². The Morgan fingerprint density at radius 2 is 1.73 bits per heavy atom. The van der Waals surface area contributed by atoms with E-state index in [0.717, 1.165) is 43.6 Å². The molecule has 0 unspecified atom stereocenters. The van der Waals surface area contributed by atoms with Crippen molar-refractivity contribution in [1.82, 2.24) is 19.8 Å². The van der Waals surface area contributed by atoms with Crippen LogP contribution in [-0.2, 0) is 13.1 Å². The Hall–Kier alpha value is -3.34. The monoisotopic (exact) mass is 398 g/mol. The summed E-state index contributed by atoms with van der Waals surface area (Å²) in [4.78, 5) is 19.1. The van der Waals surface area contributed by atoms with Crippen molar-refractivity contribution in [3.8, 4) is 0 Å². The second kappa shape index (κ2) is 8.19. The van der Waals surface area contributed by atoms with Gasteiger partial charge in [-0.3, -0.25) is 0 Å². The molecular formula is C25H26N4O. The number of carbonyl (C=O) groups excluding carboxylic acids is 1. The van der Waals surface area contributed by atoms with Crippen molar-refractivity contribution in [2.24, 2.45) is 5.92 Å². The van der Waals surface area contributed by atoms with E-state index in [2.05, 4.69) is 63.4 Å². The summed E-state index contributed by atoms with van der Waals surface area (Å²) in [5.74, 6) is 0.574. The first-order valence-corrected chi connectivity index (χ1v) is 10.7. The number of likely N-dealkylation sites (tertiary alicyclic amines) is 1. The predicted molar refractivity (Wildman–Crippen MR) is 120 cm³/mol. The van der Waals surface area contributed by atoms with Crippen molar-refractivity contribution in [3.63, 3.8) is 0 Å². The molecule has 0 radical (unpaired) electrons. The molecule has 0 bridgehead atoms. The molecule has 0 saturated carbocycles. The Morgan fingerprint density at radius 3 is 2.63 bits per heavy atom. The van der Waals surface area contributed by atoms with Gasteiger partial charge in [0.05, 0.1) is 17.4 Å². The molecular weight excluding hydrogens is 372 g/mol. The number of nitrogens with zero attached hydrogens (tertiary/aromatic N) is 3. The molecule has 1 aliphatic heterocycles. The zero-order valence-electron chi connectivity index (χ0n) is 17.0. The average molecular weight is 399 g/mol. The molecule has 0 atom stereocenters. The third-order valence-corrected chi connectivity index (χ3v) is 6.19. The molecule has 0 aliphatic carbocycles. The molecule has 1 N–H and O–H groups in total. The standard InChI is InChI=1S/C25H26N4O/c30-25(26-16-21-8-5-7-20-6-1-2-9-22(20)21)28-14-12-19(13-15-28)17-29-18-27-23-10-3-4-11-24(23)29/h1-11,18-19H,12-17H2,(H,26,30). The van der Waals surface area contributed by atoms with Crippen LogP contribution in [0.4, 0.5) is 4.79 Å². The SMILES string of the molecule is O=C(NCc1cccc2ccccc12)N1CCC(Cn2cnc3ccccc32)CC1. The van der Waals surface area contributed by atoms with E-state index in [0.29, 0.717) is 12.5 Å². The minimum absolute atomic E-state index is 0.0365. The van der Waals surface area contributed by atoms with E-state index in [9.17, 15) is 4.79 Å². The molecule has 3 aromatic carbocycles. The summed E-state index contributed by atoms with van der Waals surface area (Å²) in [5, 5.41) is 5.52. The van der Waals surface area contributed by atoms with Gasteiger partial charge < -0.3 is 14.8 Å². The first-order chi connectivity index (χ1) is 14.8. The van der Waals surface area contributed by atoms with Crippen molar-refractivity contribution in [2.45, 2.75) is 25.9 Å². The largest absolute Gasteiger partial charge is 0.334 e. The topological polar surface area (TPSA) is 50.2 Å². The van der Waals surface area contributed by atoms with Crippen molar-refractivity contribution in [1.29, 1.82) is 0 Å². The summed E-state index contributed by atoms with van der Waals surface area (Å²) >= 11 is 0. The quantitative estimate of drug-likeness (QED) is 0.536. The molecule has 1 aliphatic rings. The lowest BCUT2D eigenvalue weighted by Crippen LogP contribution is -2.44. The number of para-hydroxylation sites is 2. The molecule has 5 rings (SSSR count). The van der Waals surface area contributed by atoms with E-state index in [1.807, 2.05) is 29.4 Å². The lowest BCUT2D eigenvalue weighted by molar-refractivity contribution is 0.165. The van der Waals surface area contributed by atoms with Crippen LogP contribution < -0.4 is 5.32 Å². The molecule has 2 heterocycles. The van der Waals surface area contributed by atoms with Crippen LogP contribution >= 0.6 is 0 Å². The number of aromatic nitrogens is 2. The number of benzene rings is 3. The molecule has 2 amide bonds. The number of fused-ring (bicyclic) bond motifs is 2. The zero-order valence-corrected chi connectivity index (χ0v) is 17.0. The van der Waals surface area contributed by atoms with Gasteiger partial charge in [0.1, 0.15) is 0 Å². The van der Waals surface area contributed by atoms with E-state index in [4.69, 9.17) is 0 Å². The third kappa shape index (κ3) is 3.75. The van der Waals surface area contributed by atoms with Crippen molar-refractivity contribution in [2.75, 3.05) is 13.1 Å². The number of piperidine rings is 1. The minimum Gasteiger partial charge on any atom is -0.334 e. The van der Waals surface area contributed by atoms with Gasteiger partial charge in [-0.05, 0) is 47.2 Å². The fraction of sp³-hybridized carbons (Fsp3) is 0.280. The maximum Gasteiger partial charge on any atom is 0.317 e. The van der Waals surface area contributed by atoms with Crippen LogP contribution in [0, 0.1) is 5.92 Å². The Kier molecular flexibility index (Phi) is 5.10. The Labute approximate surface area is 176 Å². The molecule has 1 saturated heterocycles. The Balaban J connectivity index is 1.16. The van der Waals surface area contributed by atoms with Gasteiger partial charge >= 0.3 is 6.03 Å². The van der Waals surface area contributed by atoms with E-state index >= 15 is 0 Å². The van der Waals surface area contributed by atoms with Crippen LogP contribution in [-0.4, -0.2) is 33.6 Å². The van der Waals surface area contributed by atoms with Crippen LogP contribution in [0.3, 0.4) is 0 Å². The Bertz CT molecular complexity index is 1170. The van der Waals surface area contributed by atoms with E-state index < -0.39 is 0 Å². The lowest BCUT2D eigenvalue weighted by atomic mass is 9.97. The second-order valence-electron chi connectivity index (χ2n) is 8.11. The van der Waals surface area contributed by atoms with Gasteiger partial charge in [-0.15, -0.1) is 0 Å². The summed E-state index contributed by atoms with van der Waals surface area (Å²) in [6, 6.07) is 22.8. The molecule has 5 nitrogen and oxygen atoms in total. The zero-order chi connectivity index (χ0) is 20.3. The molecule has 30 heavy (non-hydrogen) atoms. The van der Waals surface area contributed by atoms with Crippen LogP contribution in [0.25, 0.3) is 21.8 Å². The Morgan fingerprint density at radius 1 is 0.967 bits per heavy atom. The van der Waals surface area contributed by atoms with Crippen molar-refractivity contribution < 1.29 is 4.79 Å². The summed E-state index contributed by atoms with van der Waals surface area (Å²) in [7, 11) is 0. The lowest BCUT2D eigenvalue weighted by Gasteiger charge is -2.32. The van der Waals surface area contributed by atoms with Crippen molar-refractivity contribution in [3.05, 3.63) is 78.6 Å². The number of urea groups is 1. The van der Waals surface area contributed by atoms with E-state index in [1.165, 1.54) is 16.3 Å². The van der Waals surface area contributed by atoms with E-state index in [1.54, 1.807) is 0 Å². The maximum atomic E-state index is 12.7. The molecule has 5 heteroatoms. The number of imidazole rings is 1. The van der Waals surface area contributed by atoms with Gasteiger partial charge in [0.25, 0.3) is 0 Å². The van der Waals surface area contributed by atoms with Crippen LogP contribution in [0.5, 0.6) is 0 Å². The number of hydrogen-bond donors (Lipinski definition) is 1. The highest BCUT2D eigenvalue weighted by Crippen LogP contribution is 2.22. The molecule has 1 aromatic heterocycles. The summed E-state index contributed by atoms with van der Waals surface area (Å²) < 4.78 is 2.25. The second-order valence-corrected chi connectivity index (χ2v) is 8.11. The highest BCUT2D eigenvalue weighted by atomic mass is 16.2. The average Bonchev–Trinajstić information content (AvgIpc) is 3.21. The number of hydrogen-bond acceptors (Lipinski definition) is 2.